The monoisotopic (exact) mass is 402 g/mol. The smallest absolute Gasteiger partial charge is 0.248 e. The van der Waals surface area contributed by atoms with Crippen LogP contribution in [0.5, 0.6) is 0 Å². The summed E-state index contributed by atoms with van der Waals surface area (Å²) in [5.41, 5.74) is 8.57. The van der Waals surface area contributed by atoms with E-state index in [0.29, 0.717) is 12.1 Å². The number of carbonyl (C=O) groups is 2. The number of ketones is 1. The zero-order valence-electron chi connectivity index (χ0n) is 15.7. The first-order valence-corrected chi connectivity index (χ1v) is 10.3. The van der Waals surface area contributed by atoms with E-state index < -0.39 is 5.91 Å². The summed E-state index contributed by atoms with van der Waals surface area (Å²) in [7, 11) is 0. The average Bonchev–Trinajstić information content (AvgIpc) is 3.16. The number of nitrogens with two attached hydrogens (primary N) is 1. The molecule has 2 N–H and O–H groups in total. The minimum atomic E-state index is -0.474. The van der Waals surface area contributed by atoms with Crippen LogP contribution in [-0.2, 0) is 13.0 Å². The molecule has 0 unspecified atom stereocenters. The number of primary amides is 1. The van der Waals surface area contributed by atoms with Crippen LogP contribution in [0.3, 0.4) is 0 Å². The van der Waals surface area contributed by atoms with Crippen LogP contribution in [0, 0.1) is 5.92 Å². The average molecular weight is 403 g/mol. The van der Waals surface area contributed by atoms with E-state index in [9.17, 15) is 9.59 Å². The second kappa shape index (κ2) is 7.87. The molecule has 0 spiro atoms. The highest BCUT2D eigenvalue weighted by atomic mass is 35.5. The van der Waals surface area contributed by atoms with E-state index in [1.165, 1.54) is 11.3 Å². The van der Waals surface area contributed by atoms with Crippen LogP contribution in [0.4, 0.5) is 0 Å². The standard InChI is InChI=1S/C21H23ClN2O2S/c1-4-5-16-19(20(25)12(2)3)15-8-6-13(21(23)26)10-17(15)24(16)11-14-7-9-18(22)27-14/h6-10,12H,4-5,11H2,1-3H3,(H2,23,26). The lowest BCUT2D eigenvalue weighted by atomic mass is 9.96. The third-order valence-corrected chi connectivity index (χ3v) is 5.87. The van der Waals surface area contributed by atoms with Crippen LogP contribution >= 0.6 is 22.9 Å². The summed E-state index contributed by atoms with van der Waals surface area (Å²) in [4.78, 5) is 25.8. The van der Waals surface area contributed by atoms with Crippen LogP contribution in [-0.4, -0.2) is 16.3 Å². The molecule has 0 fully saturated rings. The summed E-state index contributed by atoms with van der Waals surface area (Å²) in [5, 5.41) is 0.879. The molecule has 27 heavy (non-hydrogen) atoms. The van der Waals surface area contributed by atoms with Gasteiger partial charge in [-0.2, -0.15) is 0 Å². The highest BCUT2D eigenvalue weighted by molar-refractivity contribution is 7.16. The van der Waals surface area contributed by atoms with E-state index in [0.717, 1.165) is 44.2 Å². The molecule has 0 saturated heterocycles. The zero-order valence-corrected chi connectivity index (χ0v) is 17.3. The number of fused-ring (bicyclic) bond motifs is 1. The lowest BCUT2D eigenvalue weighted by Crippen LogP contribution is -2.12. The lowest BCUT2D eigenvalue weighted by Gasteiger charge is -2.11. The van der Waals surface area contributed by atoms with Gasteiger partial charge < -0.3 is 10.3 Å². The highest BCUT2D eigenvalue weighted by Crippen LogP contribution is 2.32. The molecule has 142 valence electrons. The summed E-state index contributed by atoms with van der Waals surface area (Å²) >= 11 is 7.62. The number of halogens is 1. The summed E-state index contributed by atoms with van der Waals surface area (Å²) in [6.07, 6.45) is 1.70. The van der Waals surface area contributed by atoms with Crippen LogP contribution in [0.25, 0.3) is 10.9 Å². The van der Waals surface area contributed by atoms with Crippen molar-refractivity contribution in [1.82, 2.24) is 4.57 Å². The van der Waals surface area contributed by atoms with Gasteiger partial charge in [0.15, 0.2) is 5.78 Å². The summed E-state index contributed by atoms with van der Waals surface area (Å²) in [6, 6.07) is 9.22. The Labute approximate surface area is 167 Å². The quantitative estimate of drug-likeness (QED) is 0.545. The molecule has 2 heterocycles. The number of Topliss-reactive ketones (excluding diaryl/α,β-unsaturated/α-hetero) is 1. The van der Waals surface area contributed by atoms with E-state index in [1.54, 1.807) is 12.1 Å². The SMILES string of the molecule is CCCc1c(C(=O)C(C)C)c2ccc(C(N)=O)cc2n1Cc1ccc(Cl)s1. The zero-order chi connectivity index (χ0) is 19.7. The van der Waals surface area contributed by atoms with Crippen LogP contribution in [0.1, 0.15) is 58.5 Å². The molecule has 0 aliphatic rings. The Hall–Kier alpha value is -2.11. The molecule has 0 radical (unpaired) electrons. The highest BCUT2D eigenvalue weighted by Gasteiger charge is 2.24. The van der Waals surface area contributed by atoms with Crippen molar-refractivity contribution in [3.05, 3.63) is 56.4 Å². The van der Waals surface area contributed by atoms with Crippen LogP contribution < -0.4 is 5.73 Å². The number of amides is 1. The Morgan fingerprint density at radius 2 is 1.96 bits per heavy atom. The van der Waals surface area contributed by atoms with E-state index in [1.807, 2.05) is 32.0 Å². The number of carbonyl (C=O) groups excluding carboxylic acids is 2. The van der Waals surface area contributed by atoms with E-state index in [2.05, 4.69) is 11.5 Å². The van der Waals surface area contributed by atoms with Crippen molar-refractivity contribution in [2.24, 2.45) is 11.7 Å². The maximum absolute atomic E-state index is 13.0. The fourth-order valence-electron chi connectivity index (χ4n) is 3.39. The van der Waals surface area contributed by atoms with Gasteiger partial charge in [-0.15, -0.1) is 11.3 Å². The Bertz CT molecular complexity index is 1020. The first-order valence-electron chi connectivity index (χ1n) is 9.06. The van der Waals surface area contributed by atoms with Gasteiger partial charge in [0.25, 0.3) is 0 Å². The summed E-state index contributed by atoms with van der Waals surface area (Å²) in [5.74, 6) is -0.456. The van der Waals surface area contributed by atoms with Crippen molar-refractivity contribution in [1.29, 1.82) is 0 Å². The van der Waals surface area contributed by atoms with Gasteiger partial charge in [0.05, 0.1) is 16.4 Å². The van der Waals surface area contributed by atoms with Crippen molar-refractivity contribution < 1.29 is 9.59 Å². The van der Waals surface area contributed by atoms with Crippen molar-refractivity contribution in [3.8, 4) is 0 Å². The predicted octanol–water partition coefficient (Wildman–Crippen LogP) is 5.29. The van der Waals surface area contributed by atoms with Crippen molar-refractivity contribution in [3.63, 3.8) is 0 Å². The van der Waals surface area contributed by atoms with Gasteiger partial charge in [0.1, 0.15) is 0 Å². The molecule has 1 amide bonds. The number of thiophene rings is 1. The number of nitrogens with zero attached hydrogens (tertiary/aromatic N) is 1. The van der Waals surface area contributed by atoms with Gasteiger partial charge in [-0.3, -0.25) is 9.59 Å². The number of benzene rings is 1. The van der Waals surface area contributed by atoms with E-state index >= 15 is 0 Å². The molecule has 6 heteroatoms. The summed E-state index contributed by atoms with van der Waals surface area (Å²) in [6.45, 7) is 6.54. The van der Waals surface area contributed by atoms with Gasteiger partial charge in [-0.1, -0.05) is 44.9 Å². The predicted molar refractivity (Wildman–Crippen MR) is 112 cm³/mol. The number of hydrogen-bond acceptors (Lipinski definition) is 3. The van der Waals surface area contributed by atoms with Gasteiger partial charge in [0, 0.05) is 33.0 Å². The molecule has 2 aromatic heterocycles. The molecule has 1 aromatic carbocycles. The van der Waals surface area contributed by atoms with Gasteiger partial charge in [-0.25, -0.2) is 0 Å². The molecular formula is C21H23ClN2O2S. The minimum Gasteiger partial charge on any atom is -0.366 e. The first-order chi connectivity index (χ1) is 12.8. The normalized spacial score (nSPS) is 11.4. The molecule has 0 bridgehead atoms. The number of aromatic nitrogens is 1. The maximum Gasteiger partial charge on any atom is 0.248 e. The first kappa shape index (κ1) is 19.6. The van der Waals surface area contributed by atoms with E-state index in [4.69, 9.17) is 17.3 Å². The molecule has 0 saturated carbocycles. The lowest BCUT2D eigenvalue weighted by molar-refractivity contribution is 0.0939. The largest absolute Gasteiger partial charge is 0.366 e. The Morgan fingerprint density at radius 1 is 1.22 bits per heavy atom. The molecule has 3 aromatic rings. The second-order valence-corrected chi connectivity index (χ2v) is 8.78. The van der Waals surface area contributed by atoms with Crippen LogP contribution in [0.2, 0.25) is 4.34 Å². The third kappa shape index (κ3) is 3.80. The molecular weight excluding hydrogens is 380 g/mol. The Kier molecular flexibility index (Phi) is 5.72. The van der Waals surface area contributed by atoms with E-state index in [-0.39, 0.29) is 11.7 Å². The molecule has 0 aliphatic heterocycles. The topological polar surface area (TPSA) is 65.1 Å². The second-order valence-electron chi connectivity index (χ2n) is 6.98. The third-order valence-electron chi connectivity index (χ3n) is 4.66. The van der Waals surface area contributed by atoms with Crippen molar-refractivity contribution in [2.45, 2.75) is 40.2 Å². The molecule has 0 aliphatic carbocycles. The summed E-state index contributed by atoms with van der Waals surface area (Å²) < 4.78 is 2.87. The number of rotatable bonds is 7. The van der Waals surface area contributed by atoms with Crippen molar-refractivity contribution in [2.75, 3.05) is 0 Å². The minimum absolute atomic E-state index is 0.105. The molecule has 4 nitrogen and oxygen atoms in total. The fraction of sp³-hybridized carbons (Fsp3) is 0.333. The fourth-order valence-corrected chi connectivity index (χ4v) is 4.47. The molecule has 0 atom stereocenters. The van der Waals surface area contributed by atoms with Gasteiger partial charge in [-0.05, 0) is 30.7 Å². The Morgan fingerprint density at radius 3 is 2.52 bits per heavy atom. The number of hydrogen-bond donors (Lipinski definition) is 1. The van der Waals surface area contributed by atoms with Crippen LogP contribution in [0.15, 0.2) is 30.3 Å². The Balaban J connectivity index is 2.30. The van der Waals surface area contributed by atoms with Gasteiger partial charge in [0.2, 0.25) is 5.91 Å². The van der Waals surface area contributed by atoms with Gasteiger partial charge >= 0.3 is 0 Å². The van der Waals surface area contributed by atoms with Crippen molar-refractivity contribution >= 4 is 45.5 Å². The maximum atomic E-state index is 13.0. The molecule has 3 rings (SSSR count).